The number of hydrogen-bond donors (Lipinski definition) is 2. The van der Waals surface area contributed by atoms with Crippen molar-refractivity contribution in [2.75, 3.05) is 26.9 Å². The molecule has 0 unspecified atom stereocenters. The van der Waals surface area contributed by atoms with E-state index < -0.39 is 29.2 Å². The predicted molar refractivity (Wildman–Crippen MR) is 151 cm³/mol. The normalized spacial score (nSPS) is 17.1. The lowest BCUT2D eigenvalue weighted by molar-refractivity contribution is -0.146. The number of aromatic nitrogens is 2. The highest BCUT2D eigenvalue weighted by atomic mass is 19.1. The fourth-order valence-electron chi connectivity index (χ4n) is 5.34. The molecule has 0 radical (unpaired) electrons. The molecule has 1 amide bonds. The number of methoxy groups -OCH3 is 1. The number of benzene rings is 2. The molecule has 2 aromatic carbocycles. The third kappa shape index (κ3) is 7.13. The van der Waals surface area contributed by atoms with Gasteiger partial charge in [-0.05, 0) is 48.4 Å². The number of H-pyrrole nitrogens is 1. The number of rotatable bonds is 11. The molecule has 1 fully saturated rings. The monoisotopic (exact) mass is 554 g/mol. The number of halogens is 2. The van der Waals surface area contributed by atoms with Gasteiger partial charge >= 0.3 is 0 Å². The SMILES string of the molecule is COC[C@@H](N)CCN(C(=O)[C@@H]1CCCO1)[C@@H](c1nc(-c2cc(F)ccc2F)c(Cc2ccccc2)[nH]1)C(C)(C)C. The van der Waals surface area contributed by atoms with Gasteiger partial charge < -0.3 is 25.1 Å². The Labute approximate surface area is 235 Å². The molecule has 216 valence electrons. The van der Waals surface area contributed by atoms with E-state index in [-0.39, 0.29) is 17.5 Å². The summed E-state index contributed by atoms with van der Waals surface area (Å²) in [5, 5.41) is 0. The lowest BCUT2D eigenvalue weighted by atomic mass is 9.84. The van der Waals surface area contributed by atoms with Gasteiger partial charge in [0.15, 0.2) is 0 Å². The average molecular weight is 555 g/mol. The molecular formula is C31H40F2N4O3. The van der Waals surface area contributed by atoms with Crippen molar-refractivity contribution < 1.29 is 23.0 Å². The second-order valence-corrected chi connectivity index (χ2v) is 11.5. The van der Waals surface area contributed by atoms with Crippen molar-refractivity contribution in [2.45, 2.75) is 64.6 Å². The number of imidazole rings is 1. The Morgan fingerprint density at radius 3 is 2.62 bits per heavy atom. The summed E-state index contributed by atoms with van der Waals surface area (Å²) in [5.41, 5.74) is 7.81. The molecule has 3 aromatic rings. The molecule has 3 N–H and O–H groups in total. The summed E-state index contributed by atoms with van der Waals surface area (Å²) in [5.74, 6) is -0.745. The smallest absolute Gasteiger partial charge is 0.252 e. The molecule has 4 rings (SSSR count). The zero-order valence-electron chi connectivity index (χ0n) is 23.8. The number of aromatic amines is 1. The zero-order chi connectivity index (χ0) is 28.9. The van der Waals surface area contributed by atoms with Crippen LogP contribution < -0.4 is 5.73 Å². The minimum absolute atomic E-state index is 0.0696. The Hall–Kier alpha value is -3.14. The van der Waals surface area contributed by atoms with Gasteiger partial charge in [0.2, 0.25) is 0 Å². The van der Waals surface area contributed by atoms with Gasteiger partial charge in [0.25, 0.3) is 5.91 Å². The lowest BCUT2D eigenvalue weighted by Crippen LogP contribution is -2.47. The van der Waals surface area contributed by atoms with Crippen LogP contribution in [0.4, 0.5) is 8.78 Å². The fraction of sp³-hybridized carbons (Fsp3) is 0.484. The van der Waals surface area contributed by atoms with Crippen molar-refractivity contribution in [3.63, 3.8) is 0 Å². The molecule has 1 aromatic heterocycles. The third-order valence-electron chi connectivity index (χ3n) is 7.21. The van der Waals surface area contributed by atoms with Crippen LogP contribution in [0.15, 0.2) is 48.5 Å². The molecule has 3 atom stereocenters. The minimum atomic E-state index is -0.570. The maximum Gasteiger partial charge on any atom is 0.252 e. The van der Waals surface area contributed by atoms with Gasteiger partial charge in [0, 0.05) is 44.0 Å². The molecule has 0 bridgehead atoms. The van der Waals surface area contributed by atoms with Crippen molar-refractivity contribution >= 4 is 5.91 Å². The van der Waals surface area contributed by atoms with Crippen molar-refractivity contribution in [2.24, 2.45) is 11.1 Å². The van der Waals surface area contributed by atoms with Crippen LogP contribution in [0.25, 0.3) is 11.3 Å². The van der Waals surface area contributed by atoms with Crippen LogP contribution >= 0.6 is 0 Å². The molecular weight excluding hydrogens is 514 g/mol. The zero-order valence-corrected chi connectivity index (χ0v) is 23.8. The van der Waals surface area contributed by atoms with Gasteiger partial charge in [-0.2, -0.15) is 0 Å². The van der Waals surface area contributed by atoms with Crippen LogP contribution in [0.2, 0.25) is 0 Å². The summed E-state index contributed by atoms with van der Waals surface area (Å²) in [6.45, 7) is 7.37. The minimum Gasteiger partial charge on any atom is -0.383 e. The largest absolute Gasteiger partial charge is 0.383 e. The Morgan fingerprint density at radius 1 is 1.23 bits per heavy atom. The first-order chi connectivity index (χ1) is 19.1. The van der Waals surface area contributed by atoms with E-state index in [4.69, 9.17) is 20.2 Å². The van der Waals surface area contributed by atoms with E-state index in [2.05, 4.69) is 4.98 Å². The molecule has 2 heterocycles. The van der Waals surface area contributed by atoms with E-state index in [1.807, 2.05) is 51.1 Å². The molecule has 40 heavy (non-hydrogen) atoms. The van der Waals surface area contributed by atoms with Crippen LogP contribution in [-0.2, 0) is 20.7 Å². The second kappa shape index (κ2) is 13.0. The maximum absolute atomic E-state index is 15.1. The standard InChI is InChI=1S/C31H40F2N4O3/c1-31(2,3)28(37(15-14-22(34)19-39-4)30(38)26-11-8-16-40-26)29-35-25(17-20-9-6-5-7-10-20)27(36-29)23-18-21(32)12-13-24(23)33/h5-7,9-10,12-13,18,22,26,28H,8,11,14-17,19,34H2,1-4H3,(H,35,36)/t22-,26-,28-/m0/s1. The Balaban J connectivity index is 1.82. The highest BCUT2D eigenvalue weighted by Crippen LogP contribution is 2.40. The molecule has 7 nitrogen and oxygen atoms in total. The number of amides is 1. The van der Waals surface area contributed by atoms with Crippen LogP contribution in [0.3, 0.4) is 0 Å². The topological polar surface area (TPSA) is 93.5 Å². The second-order valence-electron chi connectivity index (χ2n) is 11.5. The number of nitrogens with zero attached hydrogens (tertiary/aromatic N) is 2. The van der Waals surface area contributed by atoms with Gasteiger partial charge in [0.05, 0.1) is 18.3 Å². The Kier molecular flexibility index (Phi) is 9.71. The molecule has 0 saturated carbocycles. The first kappa shape index (κ1) is 29.8. The number of carbonyl (C=O) groups excluding carboxylic acids is 1. The molecule has 1 saturated heterocycles. The Morgan fingerprint density at radius 2 is 1.98 bits per heavy atom. The van der Waals surface area contributed by atoms with Crippen molar-refractivity contribution in [1.29, 1.82) is 0 Å². The maximum atomic E-state index is 15.1. The van der Waals surface area contributed by atoms with Gasteiger partial charge in [-0.3, -0.25) is 4.79 Å². The summed E-state index contributed by atoms with van der Waals surface area (Å²) in [6, 6.07) is 12.3. The number of hydrogen-bond acceptors (Lipinski definition) is 5. The highest BCUT2D eigenvalue weighted by molar-refractivity contribution is 5.81. The highest BCUT2D eigenvalue weighted by Gasteiger charge is 2.41. The van der Waals surface area contributed by atoms with Crippen molar-refractivity contribution in [3.05, 3.63) is 77.2 Å². The number of nitrogens with one attached hydrogen (secondary N) is 1. The van der Waals surface area contributed by atoms with E-state index in [9.17, 15) is 9.18 Å². The molecule has 0 spiro atoms. The lowest BCUT2D eigenvalue weighted by Gasteiger charge is -2.40. The predicted octanol–water partition coefficient (Wildman–Crippen LogP) is 5.40. The molecule has 0 aliphatic carbocycles. The van der Waals surface area contributed by atoms with Crippen LogP contribution in [0, 0.1) is 17.0 Å². The first-order valence-corrected chi connectivity index (χ1v) is 13.8. The number of nitrogens with two attached hydrogens (primary N) is 1. The van der Waals surface area contributed by atoms with Gasteiger partial charge in [-0.25, -0.2) is 13.8 Å². The fourth-order valence-corrected chi connectivity index (χ4v) is 5.34. The molecule has 1 aliphatic rings. The van der Waals surface area contributed by atoms with E-state index in [1.54, 1.807) is 12.0 Å². The van der Waals surface area contributed by atoms with Crippen LogP contribution in [0.1, 0.15) is 63.2 Å². The van der Waals surface area contributed by atoms with Gasteiger partial charge in [-0.1, -0.05) is 51.1 Å². The van der Waals surface area contributed by atoms with Crippen LogP contribution in [0.5, 0.6) is 0 Å². The first-order valence-electron chi connectivity index (χ1n) is 13.8. The molecule has 1 aliphatic heterocycles. The summed E-state index contributed by atoms with van der Waals surface area (Å²) < 4.78 is 40.4. The number of carbonyl (C=O) groups is 1. The van der Waals surface area contributed by atoms with Gasteiger partial charge in [-0.15, -0.1) is 0 Å². The molecule has 9 heteroatoms. The Bertz CT molecular complexity index is 1270. The van der Waals surface area contributed by atoms with E-state index in [1.165, 1.54) is 0 Å². The van der Waals surface area contributed by atoms with Gasteiger partial charge in [0.1, 0.15) is 23.6 Å². The van der Waals surface area contributed by atoms with E-state index in [0.717, 1.165) is 30.2 Å². The van der Waals surface area contributed by atoms with E-state index in [0.29, 0.717) is 56.2 Å². The summed E-state index contributed by atoms with van der Waals surface area (Å²) in [6.07, 6.45) is 1.87. The summed E-state index contributed by atoms with van der Waals surface area (Å²) in [7, 11) is 1.59. The van der Waals surface area contributed by atoms with Crippen LogP contribution in [-0.4, -0.2) is 59.8 Å². The number of ether oxygens (including phenoxy) is 2. The average Bonchev–Trinajstić information content (AvgIpc) is 3.58. The van der Waals surface area contributed by atoms with Crippen molar-refractivity contribution in [3.8, 4) is 11.3 Å². The summed E-state index contributed by atoms with van der Waals surface area (Å²) in [4.78, 5) is 24.0. The quantitative estimate of drug-likeness (QED) is 0.331. The van der Waals surface area contributed by atoms with E-state index >= 15 is 4.39 Å². The third-order valence-corrected chi connectivity index (χ3v) is 7.21. The summed E-state index contributed by atoms with van der Waals surface area (Å²) >= 11 is 0. The van der Waals surface area contributed by atoms with Crippen molar-refractivity contribution in [1.82, 2.24) is 14.9 Å².